The van der Waals surface area contributed by atoms with Gasteiger partial charge in [0.2, 0.25) is 5.91 Å². The van der Waals surface area contributed by atoms with Crippen molar-refractivity contribution < 1.29 is 23.1 Å². The Bertz CT molecular complexity index is 634. The molecule has 1 aromatic carbocycles. The van der Waals surface area contributed by atoms with E-state index in [1.807, 2.05) is 0 Å². The number of nitrogens with one attached hydrogen (secondary N) is 1. The van der Waals surface area contributed by atoms with Crippen molar-refractivity contribution >= 4 is 27.4 Å². The number of carbonyl (C=O) groups excluding carboxylic acids is 1. The number of amides is 1. The highest BCUT2D eigenvalue weighted by Gasteiger charge is 2.21. The zero-order chi connectivity index (χ0) is 15.5. The second-order valence-corrected chi connectivity index (χ2v) is 7.30. The predicted octanol–water partition coefficient (Wildman–Crippen LogP) is 1.45. The van der Waals surface area contributed by atoms with E-state index in [0.29, 0.717) is 11.3 Å². The van der Waals surface area contributed by atoms with Gasteiger partial charge in [0, 0.05) is 5.69 Å². The summed E-state index contributed by atoms with van der Waals surface area (Å²) in [5.74, 6) is -2.42. The highest BCUT2D eigenvalue weighted by Crippen LogP contribution is 2.17. The molecule has 0 saturated carbocycles. The molecule has 0 aliphatic rings. The maximum absolute atomic E-state index is 11.7. The average molecular weight is 299 g/mol. The summed E-state index contributed by atoms with van der Waals surface area (Å²) >= 11 is 0. The van der Waals surface area contributed by atoms with Crippen LogP contribution in [0.15, 0.2) is 18.2 Å². The molecule has 1 aromatic rings. The second-order valence-electron chi connectivity index (χ2n) is 4.74. The number of carboxylic acids is 1. The summed E-state index contributed by atoms with van der Waals surface area (Å²) in [4.78, 5) is 22.6. The summed E-state index contributed by atoms with van der Waals surface area (Å²) in [6.45, 7) is 4.69. The molecule has 0 fully saturated rings. The van der Waals surface area contributed by atoms with Gasteiger partial charge >= 0.3 is 5.97 Å². The monoisotopic (exact) mass is 299 g/mol. The molecule has 0 bridgehead atoms. The molecule has 1 rings (SSSR count). The van der Waals surface area contributed by atoms with Gasteiger partial charge in [0.05, 0.1) is 10.8 Å². The summed E-state index contributed by atoms with van der Waals surface area (Å²) < 4.78 is 23.3. The van der Waals surface area contributed by atoms with E-state index in [9.17, 15) is 18.0 Å². The topological polar surface area (TPSA) is 101 Å². The van der Waals surface area contributed by atoms with Gasteiger partial charge in [-0.25, -0.2) is 13.2 Å². The molecule has 0 atom stereocenters. The number of aryl methyl sites for hydroxylation is 1. The number of benzene rings is 1. The van der Waals surface area contributed by atoms with Crippen LogP contribution >= 0.6 is 0 Å². The number of aromatic carboxylic acids is 1. The summed E-state index contributed by atoms with van der Waals surface area (Å²) in [6.07, 6.45) is 0. The fourth-order valence-electron chi connectivity index (χ4n) is 1.43. The maximum atomic E-state index is 11.7. The second kappa shape index (κ2) is 6.04. The fourth-order valence-corrected chi connectivity index (χ4v) is 2.20. The summed E-state index contributed by atoms with van der Waals surface area (Å²) in [6, 6.07) is 4.27. The third-order valence-corrected chi connectivity index (χ3v) is 4.91. The summed E-state index contributed by atoms with van der Waals surface area (Å²) in [5, 5.41) is 10.7. The first-order chi connectivity index (χ1) is 9.13. The number of hydrogen-bond acceptors (Lipinski definition) is 4. The standard InChI is InChI=1S/C13H17NO5S/c1-8(2)20(18,19)7-12(15)14-11-6-10(13(16)17)5-4-9(11)3/h4-6,8H,7H2,1-3H3,(H,14,15)(H,16,17). The van der Waals surface area contributed by atoms with Crippen molar-refractivity contribution in [3.8, 4) is 0 Å². The Morgan fingerprint density at radius 1 is 1.30 bits per heavy atom. The Morgan fingerprint density at radius 3 is 2.40 bits per heavy atom. The largest absolute Gasteiger partial charge is 0.478 e. The lowest BCUT2D eigenvalue weighted by atomic mass is 10.1. The number of sulfone groups is 1. The zero-order valence-corrected chi connectivity index (χ0v) is 12.3. The van der Waals surface area contributed by atoms with E-state index in [4.69, 9.17) is 5.11 Å². The van der Waals surface area contributed by atoms with Crippen LogP contribution in [0.1, 0.15) is 29.8 Å². The van der Waals surface area contributed by atoms with Crippen molar-refractivity contribution in [3.05, 3.63) is 29.3 Å². The van der Waals surface area contributed by atoms with Crippen molar-refractivity contribution in [2.24, 2.45) is 0 Å². The molecule has 7 heteroatoms. The molecular weight excluding hydrogens is 282 g/mol. The summed E-state index contributed by atoms with van der Waals surface area (Å²) in [7, 11) is -3.49. The first kappa shape index (κ1) is 16.2. The smallest absolute Gasteiger partial charge is 0.335 e. The van der Waals surface area contributed by atoms with Crippen LogP contribution in [0.5, 0.6) is 0 Å². The average Bonchev–Trinajstić information content (AvgIpc) is 2.30. The zero-order valence-electron chi connectivity index (χ0n) is 11.5. The quantitative estimate of drug-likeness (QED) is 0.857. The molecule has 0 saturated heterocycles. The van der Waals surface area contributed by atoms with Crippen molar-refractivity contribution in [3.63, 3.8) is 0 Å². The Balaban J connectivity index is 2.91. The Morgan fingerprint density at radius 2 is 1.90 bits per heavy atom. The minimum Gasteiger partial charge on any atom is -0.478 e. The lowest BCUT2D eigenvalue weighted by Gasteiger charge is -2.11. The van der Waals surface area contributed by atoms with Crippen LogP contribution in [0.4, 0.5) is 5.69 Å². The van der Waals surface area contributed by atoms with Crippen molar-refractivity contribution in [1.82, 2.24) is 0 Å². The van der Waals surface area contributed by atoms with Gasteiger partial charge in [0.25, 0.3) is 0 Å². The minimum atomic E-state index is -3.49. The van der Waals surface area contributed by atoms with E-state index in [1.54, 1.807) is 13.0 Å². The third-order valence-electron chi connectivity index (χ3n) is 2.81. The Hall–Kier alpha value is -1.89. The van der Waals surface area contributed by atoms with E-state index in [2.05, 4.69) is 5.32 Å². The third kappa shape index (κ3) is 4.06. The van der Waals surface area contributed by atoms with Crippen LogP contribution in [0, 0.1) is 6.92 Å². The molecule has 0 aromatic heterocycles. The number of anilines is 1. The van der Waals surface area contributed by atoms with E-state index in [0.717, 1.165) is 0 Å². The van der Waals surface area contributed by atoms with Gasteiger partial charge in [-0.05, 0) is 38.5 Å². The first-order valence-electron chi connectivity index (χ1n) is 5.99. The van der Waals surface area contributed by atoms with E-state index in [-0.39, 0.29) is 5.56 Å². The lowest BCUT2D eigenvalue weighted by Crippen LogP contribution is -2.28. The van der Waals surface area contributed by atoms with Gasteiger partial charge in [-0.1, -0.05) is 6.07 Å². The molecule has 1 amide bonds. The van der Waals surface area contributed by atoms with Gasteiger partial charge in [0.1, 0.15) is 5.75 Å². The van der Waals surface area contributed by atoms with Crippen LogP contribution in [0.3, 0.4) is 0 Å². The summed E-state index contributed by atoms with van der Waals surface area (Å²) in [5.41, 5.74) is 0.983. The molecule has 20 heavy (non-hydrogen) atoms. The first-order valence-corrected chi connectivity index (χ1v) is 7.70. The molecule has 0 aliphatic carbocycles. The van der Waals surface area contributed by atoms with Crippen LogP contribution in [-0.2, 0) is 14.6 Å². The van der Waals surface area contributed by atoms with Gasteiger partial charge < -0.3 is 10.4 Å². The predicted molar refractivity (Wildman–Crippen MR) is 75.7 cm³/mol. The highest BCUT2D eigenvalue weighted by atomic mass is 32.2. The molecule has 2 N–H and O–H groups in total. The van der Waals surface area contributed by atoms with E-state index in [1.165, 1.54) is 26.0 Å². The normalized spacial score (nSPS) is 11.4. The lowest BCUT2D eigenvalue weighted by molar-refractivity contribution is -0.113. The Kier molecular flexibility index (Phi) is 4.88. The van der Waals surface area contributed by atoms with Crippen molar-refractivity contribution in [1.29, 1.82) is 0 Å². The highest BCUT2D eigenvalue weighted by molar-refractivity contribution is 7.92. The van der Waals surface area contributed by atoms with E-state index < -0.39 is 32.7 Å². The number of carboxylic acid groups (broad SMARTS) is 1. The van der Waals surface area contributed by atoms with Gasteiger partial charge in [-0.3, -0.25) is 4.79 Å². The van der Waals surface area contributed by atoms with Crippen LogP contribution < -0.4 is 5.32 Å². The molecule has 0 aliphatic heterocycles. The molecular formula is C13H17NO5S. The van der Waals surface area contributed by atoms with E-state index >= 15 is 0 Å². The molecule has 0 heterocycles. The SMILES string of the molecule is Cc1ccc(C(=O)O)cc1NC(=O)CS(=O)(=O)C(C)C. The van der Waals surface area contributed by atoms with Crippen LogP contribution in [0.25, 0.3) is 0 Å². The molecule has 6 nitrogen and oxygen atoms in total. The van der Waals surface area contributed by atoms with Gasteiger partial charge in [-0.2, -0.15) is 0 Å². The van der Waals surface area contributed by atoms with Gasteiger partial charge in [-0.15, -0.1) is 0 Å². The number of carbonyl (C=O) groups is 2. The number of hydrogen-bond donors (Lipinski definition) is 2. The van der Waals surface area contributed by atoms with Crippen LogP contribution in [0.2, 0.25) is 0 Å². The van der Waals surface area contributed by atoms with Crippen molar-refractivity contribution in [2.45, 2.75) is 26.0 Å². The van der Waals surface area contributed by atoms with Crippen LogP contribution in [-0.4, -0.2) is 36.4 Å². The fraction of sp³-hybridized carbons (Fsp3) is 0.385. The minimum absolute atomic E-state index is 0.0256. The molecule has 110 valence electrons. The molecule has 0 spiro atoms. The van der Waals surface area contributed by atoms with Gasteiger partial charge in [0.15, 0.2) is 9.84 Å². The molecule has 0 unspecified atom stereocenters. The maximum Gasteiger partial charge on any atom is 0.335 e. The number of rotatable bonds is 5. The Labute approximate surface area is 117 Å². The molecule has 0 radical (unpaired) electrons. The van der Waals surface area contributed by atoms with Crippen molar-refractivity contribution in [2.75, 3.05) is 11.1 Å².